The average Bonchev–Trinajstić information content (AvgIpc) is 2.68. The molecule has 2 aromatic carbocycles. The average molecular weight is 315 g/mol. The fourth-order valence-corrected chi connectivity index (χ4v) is 3.14. The monoisotopic (exact) mass is 315 g/mol. The zero-order valence-corrected chi connectivity index (χ0v) is 13.2. The minimum Gasteiger partial charge on any atom is -0.332 e. The van der Waals surface area contributed by atoms with E-state index in [4.69, 9.17) is 0 Å². The molecular weight excluding hydrogens is 298 g/mol. The van der Waals surface area contributed by atoms with Gasteiger partial charge in [-0.2, -0.15) is 0 Å². The maximum Gasteiger partial charge on any atom is 0.254 e. The molecule has 0 atom stereocenters. The first-order chi connectivity index (χ1) is 11.8. The van der Waals surface area contributed by atoms with Gasteiger partial charge in [-0.3, -0.25) is 4.79 Å². The van der Waals surface area contributed by atoms with Crippen molar-refractivity contribution in [3.8, 4) is 11.3 Å². The molecule has 1 aromatic heterocycles. The highest BCUT2D eigenvalue weighted by Gasteiger charge is 2.25. The Labute approximate surface area is 140 Å². The van der Waals surface area contributed by atoms with Crippen LogP contribution in [0, 0.1) is 0 Å². The number of rotatable bonds is 2. The molecule has 0 radical (unpaired) electrons. The van der Waals surface area contributed by atoms with Crippen LogP contribution in [0.3, 0.4) is 0 Å². The molecule has 118 valence electrons. The highest BCUT2D eigenvalue weighted by Crippen LogP contribution is 2.27. The van der Waals surface area contributed by atoms with Gasteiger partial charge in [-0.05, 0) is 18.6 Å². The first-order valence-electron chi connectivity index (χ1n) is 8.05. The Balaban J connectivity index is 1.64. The predicted octanol–water partition coefficient (Wildman–Crippen LogP) is 3.34. The lowest BCUT2D eigenvalue weighted by Crippen LogP contribution is -2.36. The summed E-state index contributed by atoms with van der Waals surface area (Å²) in [6.07, 6.45) is 2.37. The molecule has 1 aliphatic heterocycles. The topological polar surface area (TPSA) is 46.1 Å². The van der Waals surface area contributed by atoms with E-state index in [2.05, 4.69) is 22.1 Å². The second-order valence-electron chi connectivity index (χ2n) is 5.86. The lowest BCUT2D eigenvalue weighted by molar-refractivity contribution is 0.0732. The minimum absolute atomic E-state index is 0.0566. The van der Waals surface area contributed by atoms with E-state index in [1.807, 2.05) is 53.4 Å². The van der Waals surface area contributed by atoms with Crippen molar-refractivity contribution in [2.45, 2.75) is 13.0 Å². The van der Waals surface area contributed by atoms with Crippen LogP contribution in [0.15, 0.2) is 67.0 Å². The summed E-state index contributed by atoms with van der Waals surface area (Å²) >= 11 is 0. The minimum atomic E-state index is 0.0566. The number of carbonyl (C=O) groups excluding carboxylic acids is 1. The van der Waals surface area contributed by atoms with Crippen LogP contribution in [0.2, 0.25) is 0 Å². The lowest BCUT2D eigenvalue weighted by Gasteiger charge is -2.29. The fraction of sp³-hybridized carbons (Fsp3) is 0.150. The number of hydrogen-bond acceptors (Lipinski definition) is 3. The first kappa shape index (κ1) is 14.6. The van der Waals surface area contributed by atoms with Gasteiger partial charge in [-0.15, -0.1) is 0 Å². The summed E-state index contributed by atoms with van der Waals surface area (Å²) in [6.45, 7) is 1.22. The van der Waals surface area contributed by atoms with Gasteiger partial charge >= 0.3 is 0 Å². The van der Waals surface area contributed by atoms with Crippen LogP contribution >= 0.6 is 0 Å². The van der Waals surface area contributed by atoms with Crippen molar-refractivity contribution in [2.24, 2.45) is 0 Å². The quantitative estimate of drug-likeness (QED) is 0.728. The summed E-state index contributed by atoms with van der Waals surface area (Å²) < 4.78 is 0. The van der Waals surface area contributed by atoms with E-state index in [1.54, 1.807) is 6.33 Å². The van der Waals surface area contributed by atoms with Crippen LogP contribution in [0.4, 0.5) is 0 Å². The Hall–Kier alpha value is -3.01. The van der Waals surface area contributed by atoms with Crippen molar-refractivity contribution in [1.29, 1.82) is 0 Å². The molecule has 0 unspecified atom stereocenters. The Morgan fingerprint density at radius 2 is 1.62 bits per heavy atom. The van der Waals surface area contributed by atoms with Gasteiger partial charge in [0.2, 0.25) is 0 Å². The van der Waals surface area contributed by atoms with Crippen molar-refractivity contribution in [2.75, 3.05) is 6.54 Å². The molecule has 3 aromatic rings. The van der Waals surface area contributed by atoms with Crippen molar-refractivity contribution >= 4 is 5.91 Å². The highest BCUT2D eigenvalue weighted by molar-refractivity contribution is 5.94. The summed E-state index contributed by atoms with van der Waals surface area (Å²) in [5, 5.41) is 0. The number of carbonyl (C=O) groups is 1. The molecule has 0 N–H and O–H groups in total. The van der Waals surface area contributed by atoms with Crippen LogP contribution in [0.1, 0.15) is 21.6 Å². The molecule has 0 fully saturated rings. The molecule has 4 nitrogen and oxygen atoms in total. The van der Waals surface area contributed by atoms with Crippen molar-refractivity contribution in [1.82, 2.24) is 14.9 Å². The summed E-state index contributed by atoms with van der Waals surface area (Å²) in [7, 11) is 0. The summed E-state index contributed by atoms with van der Waals surface area (Å²) in [6, 6.07) is 19.5. The van der Waals surface area contributed by atoms with Gasteiger partial charge in [-0.25, -0.2) is 9.97 Å². The van der Waals surface area contributed by atoms with Gasteiger partial charge in [0.25, 0.3) is 5.91 Å². The van der Waals surface area contributed by atoms with Crippen molar-refractivity contribution in [3.63, 3.8) is 0 Å². The lowest BCUT2D eigenvalue weighted by atomic mass is 9.98. The molecule has 0 saturated carbocycles. The van der Waals surface area contributed by atoms with E-state index in [0.717, 1.165) is 34.5 Å². The Bertz CT molecular complexity index is 863. The first-order valence-corrected chi connectivity index (χ1v) is 8.05. The molecule has 0 spiro atoms. The molecule has 4 rings (SSSR count). The van der Waals surface area contributed by atoms with Crippen LogP contribution in [0.5, 0.6) is 0 Å². The maximum absolute atomic E-state index is 12.6. The number of aromatic nitrogens is 2. The van der Waals surface area contributed by atoms with E-state index >= 15 is 0 Å². The molecular formula is C20H17N3O. The Kier molecular flexibility index (Phi) is 3.79. The normalized spacial score (nSPS) is 13.4. The van der Waals surface area contributed by atoms with Crippen molar-refractivity contribution in [3.05, 3.63) is 83.8 Å². The maximum atomic E-state index is 12.6. The van der Waals surface area contributed by atoms with Gasteiger partial charge in [-0.1, -0.05) is 48.5 Å². The van der Waals surface area contributed by atoms with Gasteiger partial charge in [0.05, 0.1) is 17.9 Å². The third-order valence-electron chi connectivity index (χ3n) is 4.36. The number of nitrogens with zero attached hydrogens (tertiary/aromatic N) is 3. The molecule has 1 amide bonds. The molecule has 2 heterocycles. The number of fused-ring (bicyclic) bond motifs is 1. The summed E-state index contributed by atoms with van der Waals surface area (Å²) in [5.41, 5.74) is 4.89. The van der Waals surface area contributed by atoms with E-state index in [0.29, 0.717) is 13.1 Å². The summed E-state index contributed by atoms with van der Waals surface area (Å²) in [5.74, 6) is 0.0566. The second kappa shape index (κ2) is 6.24. The van der Waals surface area contributed by atoms with Crippen molar-refractivity contribution < 1.29 is 4.79 Å². The number of amides is 1. The molecule has 0 saturated heterocycles. The Morgan fingerprint density at radius 3 is 2.38 bits per heavy atom. The highest BCUT2D eigenvalue weighted by atomic mass is 16.2. The molecule has 0 bridgehead atoms. The third kappa shape index (κ3) is 2.67. The van der Waals surface area contributed by atoms with Gasteiger partial charge in [0, 0.05) is 23.2 Å². The van der Waals surface area contributed by atoms with Gasteiger partial charge in [0.1, 0.15) is 6.33 Å². The van der Waals surface area contributed by atoms with Gasteiger partial charge in [0.15, 0.2) is 0 Å². The SMILES string of the molecule is O=C(c1ccccc1)N1CCc2c(ncnc2-c2ccccc2)C1. The van der Waals surface area contributed by atoms with E-state index in [9.17, 15) is 4.79 Å². The Morgan fingerprint density at radius 1 is 0.917 bits per heavy atom. The van der Waals surface area contributed by atoms with Crippen LogP contribution in [0.25, 0.3) is 11.3 Å². The molecule has 24 heavy (non-hydrogen) atoms. The smallest absolute Gasteiger partial charge is 0.254 e. The van der Waals surface area contributed by atoms with Crippen LogP contribution in [-0.4, -0.2) is 27.3 Å². The summed E-state index contributed by atoms with van der Waals surface area (Å²) in [4.78, 5) is 23.4. The van der Waals surface area contributed by atoms with E-state index in [1.165, 1.54) is 0 Å². The molecule has 4 heteroatoms. The standard InChI is InChI=1S/C20H17N3O/c24-20(16-9-5-2-6-10-16)23-12-11-17-18(13-23)21-14-22-19(17)15-7-3-1-4-8-15/h1-10,14H,11-13H2. The largest absolute Gasteiger partial charge is 0.332 e. The number of benzene rings is 2. The number of hydrogen-bond donors (Lipinski definition) is 0. The predicted molar refractivity (Wildman–Crippen MR) is 92.4 cm³/mol. The van der Waals surface area contributed by atoms with Crippen LogP contribution < -0.4 is 0 Å². The van der Waals surface area contributed by atoms with Gasteiger partial charge < -0.3 is 4.90 Å². The zero-order valence-electron chi connectivity index (χ0n) is 13.2. The van der Waals surface area contributed by atoms with E-state index in [-0.39, 0.29) is 5.91 Å². The molecule has 1 aliphatic rings. The zero-order chi connectivity index (χ0) is 16.4. The fourth-order valence-electron chi connectivity index (χ4n) is 3.14. The van der Waals surface area contributed by atoms with Crippen LogP contribution in [-0.2, 0) is 13.0 Å². The second-order valence-corrected chi connectivity index (χ2v) is 5.86. The third-order valence-corrected chi connectivity index (χ3v) is 4.36. The molecule has 0 aliphatic carbocycles. The van der Waals surface area contributed by atoms with E-state index < -0.39 is 0 Å².